The third kappa shape index (κ3) is 3.54. The molecule has 102 valence electrons. The number of hydrogen-bond donors (Lipinski definition) is 1. The molecule has 1 aromatic carbocycles. The van der Waals surface area contributed by atoms with Gasteiger partial charge in [-0.1, -0.05) is 23.7 Å². The van der Waals surface area contributed by atoms with E-state index >= 15 is 0 Å². The first-order chi connectivity index (χ1) is 9.51. The summed E-state index contributed by atoms with van der Waals surface area (Å²) in [7, 11) is -3.64. The molecule has 0 aliphatic heterocycles. The number of rotatable bonds is 4. The average molecular weight is 308 g/mol. The largest absolute Gasteiger partial charge is 0.244 e. The molecule has 2 rings (SSSR count). The summed E-state index contributed by atoms with van der Waals surface area (Å²) in [4.78, 5) is 3.79. The predicted octanol–water partition coefficient (Wildman–Crippen LogP) is 2.09. The fourth-order valence-electron chi connectivity index (χ4n) is 1.51. The summed E-state index contributed by atoms with van der Waals surface area (Å²) in [6, 6.07) is 11.3. The SMILES string of the molecule is N#Cc1ccc(CNS(=O)(=O)c2ccnc(Cl)c2)cc1. The minimum absolute atomic E-state index is 0.0612. The molecule has 0 saturated carbocycles. The molecule has 5 nitrogen and oxygen atoms in total. The van der Waals surface area contributed by atoms with Crippen LogP contribution in [0.15, 0.2) is 47.5 Å². The van der Waals surface area contributed by atoms with Crippen molar-refractivity contribution in [1.82, 2.24) is 9.71 Å². The predicted molar refractivity (Wildman–Crippen MR) is 74.4 cm³/mol. The lowest BCUT2D eigenvalue weighted by molar-refractivity contribution is 0.581. The van der Waals surface area contributed by atoms with Gasteiger partial charge in [0, 0.05) is 12.7 Å². The monoisotopic (exact) mass is 307 g/mol. The molecule has 0 radical (unpaired) electrons. The van der Waals surface area contributed by atoms with Crippen molar-refractivity contribution in [3.63, 3.8) is 0 Å². The first-order valence-corrected chi connectivity index (χ1v) is 7.47. The van der Waals surface area contributed by atoms with Crippen molar-refractivity contribution in [3.8, 4) is 6.07 Å². The van der Waals surface area contributed by atoms with Crippen LogP contribution in [0.4, 0.5) is 0 Å². The van der Waals surface area contributed by atoms with Crippen LogP contribution in [-0.4, -0.2) is 13.4 Å². The molecule has 1 N–H and O–H groups in total. The van der Waals surface area contributed by atoms with Crippen molar-refractivity contribution in [2.24, 2.45) is 0 Å². The summed E-state index contributed by atoms with van der Waals surface area (Å²) < 4.78 is 26.5. The molecule has 0 amide bonds. The van der Waals surface area contributed by atoms with Crippen LogP contribution in [0, 0.1) is 11.3 Å². The van der Waals surface area contributed by atoms with Gasteiger partial charge < -0.3 is 0 Å². The number of pyridine rings is 1. The summed E-state index contributed by atoms with van der Waals surface area (Å²) in [5, 5.41) is 8.80. The summed E-state index contributed by atoms with van der Waals surface area (Å²) in [6.45, 7) is 0.133. The van der Waals surface area contributed by atoms with Crippen LogP contribution in [0.5, 0.6) is 0 Å². The van der Waals surface area contributed by atoms with E-state index in [9.17, 15) is 8.42 Å². The number of nitrogens with zero attached hydrogens (tertiary/aromatic N) is 2. The maximum Gasteiger partial charge on any atom is 0.241 e. The smallest absolute Gasteiger partial charge is 0.241 e. The third-order valence-electron chi connectivity index (χ3n) is 2.56. The average Bonchev–Trinajstić information content (AvgIpc) is 2.46. The zero-order valence-corrected chi connectivity index (χ0v) is 11.8. The van der Waals surface area contributed by atoms with E-state index in [1.165, 1.54) is 18.3 Å². The highest BCUT2D eigenvalue weighted by Gasteiger charge is 2.14. The Morgan fingerprint density at radius 1 is 1.25 bits per heavy atom. The van der Waals surface area contributed by atoms with Crippen molar-refractivity contribution in [1.29, 1.82) is 5.26 Å². The van der Waals surface area contributed by atoms with E-state index in [4.69, 9.17) is 16.9 Å². The number of benzene rings is 1. The second kappa shape index (κ2) is 6.01. The molecule has 0 atom stereocenters. The van der Waals surface area contributed by atoms with E-state index in [0.29, 0.717) is 5.56 Å². The van der Waals surface area contributed by atoms with Gasteiger partial charge >= 0.3 is 0 Å². The maximum atomic E-state index is 12.0. The highest BCUT2D eigenvalue weighted by atomic mass is 35.5. The molecule has 1 aromatic heterocycles. The summed E-state index contributed by atoms with van der Waals surface area (Å²) in [6.07, 6.45) is 1.33. The molecule has 20 heavy (non-hydrogen) atoms. The van der Waals surface area contributed by atoms with Gasteiger partial charge in [0.1, 0.15) is 5.15 Å². The Kier molecular flexibility index (Phi) is 4.35. The zero-order chi connectivity index (χ0) is 14.6. The molecule has 1 heterocycles. The molecule has 0 spiro atoms. The van der Waals surface area contributed by atoms with Gasteiger partial charge in [0.15, 0.2) is 0 Å². The number of aromatic nitrogens is 1. The lowest BCUT2D eigenvalue weighted by Crippen LogP contribution is -2.23. The van der Waals surface area contributed by atoms with Crippen LogP contribution in [0.2, 0.25) is 5.15 Å². The van der Waals surface area contributed by atoms with Crippen LogP contribution in [-0.2, 0) is 16.6 Å². The van der Waals surface area contributed by atoms with Gasteiger partial charge in [-0.3, -0.25) is 0 Å². The van der Waals surface area contributed by atoms with Crippen LogP contribution in [0.1, 0.15) is 11.1 Å². The Morgan fingerprint density at radius 3 is 2.55 bits per heavy atom. The minimum Gasteiger partial charge on any atom is -0.244 e. The van der Waals surface area contributed by atoms with E-state index in [1.807, 2.05) is 6.07 Å². The number of nitriles is 1. The number of nitrogens with one attached hydrogen (secondary N) is 1. The highest BCUT2D eigenvalue weighted by molar-refractivity contribution is 7.89. The number of sulfonamides is 1. The van der Waals surface area contributed by atoms with Crippen molar-refractivity contribution < 1.29 is 8.42 Å². The van der Waals surface area contributed by atoms with Crippen LogP contribution >= 0.6 is 11.6 Å². The molecule has 0 saturated heterocycles. The Morgan fingerprint density at radius 2 is 1.95 bits per heavy atom. The van der Waals surface area contributed by atoms with E-state index in [1.54, 1.807) is 24.3 Å². The molecule has 0 aliphatic carbocycles. The van der Waals surface area contributed by atoms with Crippen molar-refractivity contribution in [2.45, 2.75) is 11.4 Å². The molecule has 0 bridgehead atoms. The second-order valence-corrected chi connectivity index (χ2v) is 6.10. The van der Waals surface area contributed by atoms with Crippen molar-refractivity contribution in [3.05, 3.63) is 58.9 Å². The Balaban J connectivity index is 2.11. The molecule has 0 unspecified atom stereocenters. The van der Waals surface area contributed by atoms with Crippen LogP contribution < -0.4 is 4.72 Å². The summed E-state index contributed by atoms with van der Waals surface area (Å²) in [5.74, 6) is 0. The standard InChI is InChI=1S/C13H10ClN3O2S/c14-13-7-12(5-6-16-13)20(18,19)17-9-11-3-1-10(8-15)2-4-11/h1-7,17H,9H2. The first kappa shape index (κ1) is 14.5. The van der Waals surface area contributed by atoms with Gasteiger partial charge in [-0.05, 0) is 29.8 Å². The quantitative estimate of drug-likeness (QED) is 0.877. The molecule has 2 aromatic rings. The van der Waals surface area contributed by atoms with E-state index < -0.39 is 10.0 Å². The Bertz CT molecular complexity index is 752. The van der Waals surface area contributed by atoms with Crippen LogP contribution in [0.25, 0.3) is 0 Å². The van der Waals surface area contributed by atoms with Gasteiger partial charge in [-0.25, -0.2) is 18.1 Å². The van der Waals surface area contributed by atoms with Crippen molar-refractivity contribution in [2.75, 3.05) is 0 Å². The zero-order valence-electron chi connectivity index (χ0n) is 10.2. The summed E-state index contributed by atoms with van der Waals surface area (Å²) >= 11 is 5.67. The van der Waals surface area contributed by atoms with Gasteiger partial charge in [-0.15, -0.1) is 0 Å². The maximum absolute atomic E-state index is 12.0. The fourth-order valence-corrected chi connectivity index (χ4v) is 2.78. The van der Waals surface area contributed by atoms with E-state index in [2.05, 4.69) is 9.71 Å². The van der Waals surface area contributed by atoms with Crippen LogP contribution in [0.3, 0.4) is 0 Å². The van der Waals surface area contributed by atoms with Gasteiger partial charge in [-0.2, -0.15) is 5.26 Å². The minimum atomic E-state index is -3.64. The highest BCUT2D eigenvalue weighted by Crippen LogP contribution is 2.13. The Labute approximate surface area is 121 Å². The lowest BCUT2D eigenvalue weighted by Gasteiger charge is -2.07. The fraction of sp³-hybridized carbons (Fsp3) is 0.0769. The van der Waals surface area contributed by atoms with E-state index in [0.717, 1.165) is 5.56 Å². The molecule has 7 heteroatoms. The number of hydrogen-bond acceptors (Lipinski definition) is 4. The topological polar surface area (TPSA) is 82.9 Å². The van der Waals surface area contributed by atoms with Crippen molar-refractivity contribution >= 4 is 21.6 Å². The molecule has 0 aliphatic rings. The molecule has 0 fully saturated rings. The first-order valence-electron chi connectivity index (χ1n) is 5.61. The molecular weight excluding hydrogens is 298 g/mol. The lowest BCUT2D eigenvalue weighted by atomic mass is 10.1. The third-order valence-corrected chi connectivity index (χ3v) is 4.16. The second-order valence-electron chi connectivity index (χ2n) is 3.95. The van der Waals surface area contributed by atoms with Gasteiger partial charge in [0.25, 0.3) is 0 Å². The van der Waals surface area contributed by atoms with E-state index in [-0.39, 0.29) is 16.6 Å². The molecular formula is C13H10ClN3O2S. The number of halogens is 1. The Hall–Kier alpha value is -1.94. The summed E-state index contributed by atoms with van der Waals surface area (Å²) in [5.41, 5.74) is 1.28. The normalized spacial score (nSPS) is 11.0. The van der Waals surface area contributed by atoms with Gasteiger partial charge in [0.2, 0.25) is 10.0 Å². The van der Waals surface area contributed by atoms with Gasteiger partial charge in [0.05, 0.1) is 16.5 Å².